The average Bonchev–Trinajstić information content (AvgIpc) is 4.23. The summed E-state index contributed by atoms with van der Waals surface area (Å²) in [5, 5.41) is 32.4. The Hall–Kier alpha value is -5.88. The Kier molecular flexibility index (Phi) is 17.3. The molecule has 2 aromatic carbocycles. The highest BCUT2D eigenvalue weighted by atomic mass is 16.3. The summed E-state index contributed by atoms with van der Waals surface area (Å²) in [5.74, 6) is -5.19. The van der Waals surface area contributed by atoms with Crippen molar-refractivity contribution in [1.82, 2.24) is 40.9 Å². The van der Waals surface area contributed by atoms with E-state index in [0.717, 1.165) is 11.1 Å². The first-order valence-electron chi connectivity index (χ1n) is 25.1. The molecule has 7 rings (SSSR count). The fourth-order valence-electron chi connectivity index (χ4n) is 11.5. The minimum Gasteiger partial charge on any atom is -0.394 e. The van der Waals surface area contributed by atoms with Gasteiger partial charge in [0.25, 0.3) is 0 Å². The van der Waals surface area contributed by atoms with E-state index in [4.69, 9.17) is 0 Å². The number of nitrogens with zero attached hydrogens (tertiary/aromatic N) is 4. The van der Waals surface area contributed by atoms with Crippen molar-refractivity contribution in [3.8, 4) is 0 Å². The molecule has 4 saturated carbocycles. The number of benzene rings is 2. The first-order valence-corrected chi connectivity index (χ1v) is 25.1. The molecule has 5 fully saturated rings. The van der Waals surface area contributed by atoms with Gasteiger partial charge in [-0.05, 0) is 88.2 Å². The first kappa shape index (κ1) is 52.0. The van der Waals surface area contributed by atoms with Crippen LogP contribution in [0.25, 0.3) is 0 Å². The van der Waals surface area contributed by atoms with E-state index in [-0.39, 0.29) is 60.6 Å². The van der Waals surface area contributed by atoms with Crippen LogP contribution in [0.15, 0.2) is 60.7 Å². The fraction of sp³-hybridized carbons (Fsp3) is 0.615. The third kappa shape index (κ3) is 12.2. The Bertz CT molecular complexity index is 2060. The Balaban J connectivity index is 1.11. The Morgan fingerprint density at radius 1 is 0.386 bits per heavy atom. The molecule has 18 heteroatoms. The average molecular weight is 969 g/mol. The standard InChI is InChI=1S/C52H72N8O10/c1-57-37-19-17-35(27-37)47(65)55-43(29-61)51(69)60(4)40-22-16-34(26-40)46(64)54-42(24-32-13-9-6-10-14-32)50(68)58(2)38-20-18-36(28-38)48(66)56-44(30-62)52(70)59(3)39-21-15-33(25-39)45(63)53-41(49(57)67)23-31-11-7-5-8-12-31/h5-14,33-44,61-62H,15-30H2,1-4H3,(H,53,63)(H,54,64)(H,55,65)(H,56,66)/t33-,34-,35-,36-,37+,38+,39+,40+,41-,42-,43-,44-/m1/s1. The quantitative estimate of drug-likeness (QED) is 0.240. The molecule has 0 radical (unpaired) electrons. The van der Waals surface area contributed by atoms with Crippen molar-refractivity contribution >= 4 is 47.3 Å². The smallest absolute Gasteiger partial charge is 0.247 e. The third-order valence-electron chi connectivity index (χ3n) is 16.1. The highest BCUT2D eigenvalue weighted by Crippen LogP contribution is 2.34. The molecule has 12 atom stereocenters. The molecule has 8 amide bonds. The van der Waals surface area contributed by atoms with Gasteiger partial charge in [0.2, 0.25) is 47.3 Å². The van der Waals surface area contributed by atoms with E-state index in [9.17, 15) is 48.6 Å². The van der Waals surface area contributed by atoms with Crippen molar-refractivity contribution in [1.29, 1.82) is 0 Å². The summed E-state index contributed by atoms with van der Waals surface area (Å²) in [4.78, 5) is 118. The second kappa shape index (κ2) is 23.4. The van der Waals surface area contributed by atoms with Gasteiger partial charge in [-0.25, -0.2) is 0 Å². The Morgan fingerprint density at radius 2 is 0.629 bits per heavy atom. The zero-order valence-electron chi connectivity index (χ0n) is 41.0. The highest BCUT2D eigenvalue weighted by molar-refractivity contribution is 5.92. The van der Waals surface area contributed by atoms with Crippen molar-refractivity contribution in [2.75, 3.05) is 41.4 Å². The maximum Gasteiger partial charge on any atom is 0.247 e. The second-order valence-corrected chi connectivity index (χ2v) is 20.4. The molecular formula is C52H72N8O10. The van der Waals surface area contributed by atoms with Crippen molar-refractivity contribution < 1.29 is 48.6 Å². The number of nitrogens with one attached hydrogen (secondary N) is 4. The monoisotopic (exact) mass is 969 g/mol. The lowest BCUT2D eigenvalue weighted by Gasteiger charge is -2.31. The van der Waals surface area contributed by atoms with Gasteiger partial charge in [0.15, 0.2) is 0 Å². The van der Waals surface area contributed by atoms with Crippen LogP contribution in [-0.4, -0.2) is 167 Å². The summed E-state index contributed by atoms with van der Waals surface area (Å²) in [5.41, 5.74) is 1.69. The van der Waals surface area contributed by atoms with Crippen LogP contribution >= 0.6 is 0 Å². The summed E-state index contributed by atoms with van der Waals surface area (Å²) in [7, 11) is 6.53. The highest BCUT2D eigenvalue weighted by Gasteiger charge is 2.43. The van der Waals surface area contributed by atoms with Gasteiger partial charge in [0.1, 0.15) is 24.2 Å². The molecule has 8 bridgehead atoms. The SMILES string of the molecule is CN1C(=O)[C@@H](CO)NC(=O)[C@@H]2CC[C@@H](C2)N(C)C(=O)[C@@H](Cc2ccccc2)NC(=O)[C@@H]2CC[C@@H](C2)N(C)C(=O)[C@@H](CO)NC(=O)[C@@H]2CC[C@@H](C2)N(C)C(=O)[C@@H](Cc2ccccc2)NC(=O)[C@@H]2CC[C@H]1C2. The van der Waals surface area contributed by atoms with E-state index in [1.165, 1.54) is 9.80 Å². The van der Waals surface area contributed by atoms with Crippen LogP contribution in [0, 0.1) is 23.7 Å². The van der Waals surface area contributed by atoms with Gasteiger partial charge in [-0.3, -0.25) is 38.4 Å². The van der Waals surface area contributed by atoms with Crippen LogP contribution in [0.3, 0.4) is 0 Å². The molecule has 70 heavy (non-hydrogen) atoms. The van der Waals surface area contributed by atoms with Crippen molar-refractivity contribution in [2.24, 2.45) is 23.7 Å². The minimum absolute atomic E-state index is 0.224. The maximum atomic E-state index is 14.3. The lowest BCUT2D eigenvalue weighted by Crippen LogP contribution is -2.54. The summed E-state index contributed by atoms with van der Waals surface area (Å²) in [6.07, 6.45) is 5.46. The number of amides is 8. The molecule has 2 aromatic rings. The van der Waals surface area contributed by atoms with Crippen LogP contribution in [0.1, 0.15) is 88.2 Å². The molecule has 6 N–H and O–H groups in total. The molecule has 4 aliphatic carbocycles. The van der Waals surface area contributed by atoms with Gasteiger partial charge < -0.3 is 51.1 Å². The Labute approximate surface area is 410 Å². The minimum atomic E-state index is -1.22. The van der Waals surface area contributed by atoms with Gasteiger partial charge in [-0.1, -0.05) is 60.7 Å². The molecule has 1 heterocycles. The summed E-state index contributed by atoms with van der Waals surface area (Å²) < 4.78 is 0. The van der Waals surface area contributed by atoms with E-state index in [0.29, 0.717) is 77.0 Å². The van der Waals surface area contributed by atoms with Crippen molar-refractivity contribution in [3.05, 3.63) is 71.8 Å². The fourth-order valence-corrected chi connectivity index (χ4v) is 11.5. The van der Waals surface area contributed by atoms with Crippen LogP contribution < -0.4 is 21.3 Å². The number of hydrogen-bond donors (Lipinski definition) is 6. The third-order valence-corrected chi connectivity index (χ3v) is 16.1. The summed E-state index contributed by atoms with van der Waals surface area (Å²) >= 11 is 0. The zero-order chi connectivity index (χ0) is 50.2. The van der Waals surface area contributed by atoms with Gasteiger partial charge in [-0.15, -0.1) is 0 Å². The second-order valence-electron chi connectivity index (χ2n) is 20.4. The number of aliphatic hydroxyl groups is 2. The number of likely N-dealkylation sites (N-methyl/N-ethyl adjacent to an activating group) is 4. The maximum absolute atomic E-state index is 14.3. The van der Waals surface area contributed by atoms with Crippen molar-refractivity contribution in [3.63, 3.8) is 0 Å². The number of rotatable bonds is 6. The van der Waals surface area contributed by atoms with Crippen LogP contribution in [0.5, 0.6) is 0 Å². The summed E-state index contributed by atoms with van der Waals surface area (Å²) in [6, 6.07) is 13.0. The number of carbonyl (C=O) groups excluding carboxylic acids is 8. The van der Waals surface area contributed by atoms with Gasteiger partial charge in [0, 0.05) is 88.9 Å². The molecule has 5 aliphatic rings. The van der Waals surface area contributed by atoms with Crippen molar-refractivity contribution in [2.45, 2.75) is 138 Å². The molecule has 18 nitrogen and oxygen atoms in total. The summed E-state index contributed by atoms with van der Waals surface area (Å²) in [6.45, 7) is -1.27. The zero-order valence-corrected chi connectivity index (χ0v) is 41.0. The van der Waals surface area contributed by atoms with E-state index in [1.807, 2.05) is 60.7 Å². The normalized spacial score (nSPS) is 32.5. The lowest BCUT2D eigenvalue weighted by atomic mass is 10.0. The van der Waals surface area contributed by atoms with Gasteiger partial charge in [0.05, 0.1) is 13.2 Å². The largest absolute Gasteiger partial charge is 0.394 e. The Morgan fingerprint density at radius 3 is 0.886 bits per heavy atom. The predicted molar refractivity (Wildman–Crippen MR) is 258 cm³/mol. The number of hydrogen-bond acceptors (Lipinski definition) is 10. The van der Waals surface area contributed by atoms with E-state index < -0.39 is 84.7 Å². The van der Waals surface area contributed by atoms with Crippen LogP contribution in [0.4, 0.5) is 0 Å². The first-order chi connectivity index (χ1) is 33.6. The topological polar surface area (TPSA) is 238 Å². The lowest BCUT2D eigenvalue weighted by molar-refractivity contribution is -0.140. The molecule has 380 valence electrons. The molecule has 0 aromatic heterocycles. The van der Waals surface area contributed by atoms with Gasteiger partial charge in [-0.2, -0.15) is 0 Å². The van der Waals surface area contributed by atoms with Crippen LogP contribution in [-0.2, 0) is 51.2 Å². The number of fused-ring (bicyclic) bond motifs is 8. The van der Waals surface area contributed by atoms with E-state index >= 15 is 0 Å². The van der Waals surface area contributed by atoms with Crippen LogP contribution in [0.2, 0.25) is 0 Å². The number of aliphatic hydroxyl groups excluding tert-OH is 2. The van der Waals surface area contributed by atoms with E-state index in [1.54, 1.807) is 38.0 Å². The predicted octanol–water partition coefficient (Wildman–Crippen LogP) is 0.918. The van der Waals surface area contributed by atoms with Gasteiger partial charge >= 0.3 is 0 Å². The molecule has 0 spiro atoms. The van der Waals surface area contributed by atoms with E-state index in [2.05, 4.69) is 21.3 Å². The number of carbonyl (C=O) groups is 8. The molecule has 0 unspecified atom stereocenters. The molecule has 1 saturated heterocycles. The molecule has 1 aliphatic heterocycles. The molecular weight excluding hydrogens is 897 g/mol.